The largest absolute Gasteiger partial charge is 0.478 e. The molecule has 4 nitrogen and oxygen atoms in total. The number of nitrogens with zero attached hydrogens (tertiary/aromatic N) is 1. The molecule has 2 N–H and O–H groups in total. The smallest absolute Gasteiger partial charge is 0.339 e. The van der Waals surface area contributed by atoms with Crippen LogP contribution in [0.5, 0.6) is 0 Å². The first-order chi connectivity index (χ1) is 8.66. The lowest BCUT2D eigenvalue weighted by atomic mass is 10.0. The van der Waals surface area contributed by atoms with Crippen molar-refractivity contribution in [3.63, 3.8) is 0 Å². The lowest BCUT2D eigenvalue weighted by molar-refractivity contribution is 0.0696. The topological polar surface area (TPSA) is 66.0 Å². The van der Waals surface area contributed by atoms with Crippen LogP contribution in [0, 0.1) is 0 Å². The fourth-order valence-corrected chi connectivity index (χ4v) is 2.32. The predicted molar refractivity (Wildman–Crippen MR) is 70.7 cm³/mol. The number of halogens is 1. The Morgan fingerprint density at radius 2 is 2.00 bits per heavy atom. The molecule has 2 aromatic rings. The highest BCUT2D eigenvalue weighted by molar-refractivity contribution is 9.10. The second-order valence-electron chi connectivity index (χ2n) is 4.45. The molecule has 18 heavy (non-hydrogen) atoms. The zero-order chi connectivity index (χ0) is 12.7. The molecule has 3 rings (SSSR count). The monoisotopic (exact) mass is 306 g/mol. The number of hydrogen-bond donors (Lipinski definition) is 2. The molecular weight excluding hydrogens is 296 g/mol. The van der Waals surface area contributed by atoms with E-state index in [1.54, 1.807) is 0 Å². The van der Waals surface area contributed by atoms with Gasteiger partial charge in [-0.3, -0.25) is 5.10 Å². The summed E-state index contributed by atoms with van der Waals surface area (Å²) in [5.41, 5.74) is 2.43. The molecule has 92 valence electrons. The molecule has 1 aromatic carbocycles. The Morgan fingerprint density at radius 3 is 2.56 bits per heavy atom. The highest BCUT2D eigenvalue weighted by atomic mass is 79.9. The Balaban J connectivity index is 2.11. The molecule has 0 radical (unpaired) electrons. The van der Waals surface area contributed by atoms with Crippen molar-refractivity contribution in [2.24, 2.45) is 0 Å². The standard InChI is InChI=1S/C13H11BrN2O2/c14-9-5-3-8(4-6-9)12-10(13(17)18)11(15-16-12)7-1-2-7/h3-7H,1-2H2,(H,15,16)(H,17,18). The highest BCUT2D eigenvalue weighted by Crippen LogP contribution is 2.42. The van der Waals surface area contributed by atoms with Crippen molar-refractivity contribution < 1.29 is 9.90 Å². The maximum atomic E-state index is 11.4. The molecular formula is C13H11BrN2O2. The predicted octanol–water partition coefficient (Wildman–Crippen LogP) is 3.41. The molecule has 0 amide bonds. The Kier molecular flexibility index (Phi) is 2.70. The number of aromatic carboxylic acids is 1. The quantitative estimate of drug-likeness (QED) is 0.913. The van der Waals surface area contributed by atoms with Crippen molar-refractivity contribution in [3.05, 3.63) is 40.0 Å². The highest BCUT2D eigenvalue weighted by Gasteiger charge is 2.32. The van der Waals surface area contributed by atoms with Crippen LogP contribution in [-0.2, 0) is 0 Å². The number of rotatable bonds is 3. The third kappa shape index (κ3) is 1.95. The van der Waals surface area contributed by atoms with E-state index in [9.17, 15) is 9.90 Å². The summed E-state index contributed by atoms with van der Waals surface area (Å²) in [6, 6.07) is 7.49. The number of carboxylic acid groups (broad SMARTS) is 1. The number of aromatic nitrogens is 2. The maximum Gasteiger partial charge on any atom is 0.339 e. The summed E-state index contributed by atoms with van der Waals surface area (Å²) in [7, 11) is 0. The molecule has 1 aromatic heterocycles. The van der Waals surface area contributed by atoms with Gasteiger partial charge in [-0.25, -0.2) is 4.79 Å². The van der Waals surface area contributed by atoms with Gasteiger partial charge in [0.2, 0.25) is 0 Å². The minimum atomic E-state index is -0.913. The van der Waals surface area contributed by atoms with E-state index >= 15 is 0 Å². The van der Waals surface area contributed by atoms with E-state index in [4.69, 9.17) is 0 Å². The average molecular weight is 307 g/mol. The van der Waals surface area contributed by atoms with Crippen LogP contribution in [0.2, 0.25) is 0 Å². The van der Waals surface area contributed by atoms with E-state index in [2.05, 4.69) is 26.1 Å². The van der Waals surface area contributed by atoms with Crippen LogP contribution in [-0.4, -0.2) is 21.3 Å². The lowest BCUT2D eigenvalue weighted by Gasteiger charge is -2.01. The van der Waals surface area contributed by atoms with E-state index in [0.29, 0.717) is 17.2 Å². The summed E-state index contributed by atoms with van der Waals surface area (Å²) in [6.45, 7) is 0. The Morgan fingerprint density at radius 1 is 1.33 bits per heavy atom. The third-order valence-corrected chi connectivity index (χ3v) is 3.64. The summed E-state index contributed by atoms with van der Waals surface area (Å²) in [6.07, 6.45) is 2.09. The number of hydrogen-bond acceptors (Lipinski definition) is 2. The molecule has 1 fully saturated rings. The minimum Gasteiger partial charge on any atom is -0.478 e. The van der Waals surface area contributed by atoms with Gasteiger partial charge in [0.15, 0.2) is 0 Å². The number of nitrogens with one attached hydrogen (secondary N) is 1. The van der Waals surface area contributed by atoms with E-state index in [1.807, 2.05) is 24.3 Å². The van der Waals surface area contributed by atoms with Gasteiger partial charge in [-0.15, -0.1) is 0 Å². The van der Waals surface area contributed by atoms with Crippen LogP contribution in [0.1, 0.15) is 34.8 Å². The zero-order valence-electron chi connectivity index (χ0n) is 9.48. The van der Waals surface area contributed by atoms with Crippen LogP contribution in [0.25, 0.3) is 11.3 Å². The first-order valence-electron chi connectivity index (χ1n) is 5.74. The SMILES string of the molecule is O=C(O)c1c(-c2ccc(Br)cc2)n[nH]c1C1CC1. The summed E-state index contributed by atoms with van der Waals surface area (Å²) in [4.78, 5) is 11.4. The van der Waals surface area contributed by atoms with Gasteiger partial charge in [0.1, 0.15) is 11.3 Å². The van der Waals surface area contributed by atoms with Gasteiger partial charge in [0.05, 0.1) is 5.69 Å². The van der Waals surface area contributed by atoms with Crippen LogP contribution < -0.4 is 0 Å². The van der Waals surface area contributed by atoms with Gasteiger partial charge < -0.3 is 5.11 Å². The van der Waals surface area contributed by atoms with Crippen LogP contribution in [0.4, 0.5) is 0 Å². The number of H-pyrrole nitrogens is 1. The molecule has 1 saturated carbocycles. The first-order valence-corrected chi connectivity index (χ1v) is 6.53. The second kappa shape index (κ2) is 4.24. The number of aromatic amines is 1. The molecule has 5 heteroatoms. The summed E-state index contributed by atoms with van der Waals surface area (Å²) >= 11 is 3.36. The van der Waals surface area contributed by atoms with Crippen molar-refractivity contribution in [2.75, 3.05) is 0 Å². The van der Waals surface area contributed by atoms with Crippen molar-refractivity contribution in [1.29, 1.82) is 0 Å². The van der Waals surface area contributed by atoms with Gasteiger partial charge in [0, 0.05) is 16.0 Å². The molecule has 0 spiro atoms. The molecule has 0 unspecified atom stereocenters. The van der Waals surface area contributed by atoms with Gasteiger partial charge >= 0.3 is 5.97 Å². The van der Waals surface area contributed by atoms with E-state index in [0.717, 1.165) is 28.6 Å². The fraction of sp³-hybridized carbons (Fsp3) is 0.231. The van der Waals surface area contributed by atoms with Crippen molar-refractivity contribution in [3.8, 4) is 11.3 Å². The van der Waals surface area contributed by atoms with E-state index in [1.165, 1.54) is 0 Å². The average Bonchev–Trinajstić information content (AvgIpc) is 3.09. The summed E-state index contributed by atoms with van der Waals surface area (Å²) < 4.78 is 0.959. The van der Waals surface area contributed by atoms with Gasteiger partial charge in [-0.05, 0) is 25.0 Å². The lowest BCUT2D eigenvalue weighted by Crippen LogP contribution is -2.01. The normalized spacial score (nSPS) is 14.7. The van der Waals surface area contributed by atoms with Crippen LogP contribution >= 0.6 is 15.9 Å². The molecule has 0 aliphatic heterocycles. The third-order valence-electron chi connectivity index (χ3n) is 3.11. The Hall–Kier alpha value is -1.62. The fourth-order valence-electron chi connectivity index (χ4n) is 2.06. The molecule has 0 atom stereocenters. The van der Waals surface area contributed by atoms with Gasteiger partial charge in [-0.1, -0.05) is 28.1 Å². The number of benzene rings is 1. The van der Waals surface area contributed by atoms with Crippen molar-refractivity contribution in [1.82, 2.24) is 10.2 Å². The molecule has 0 saturated heterocycles. The number of carbonyl (C=O) groups is 1. The summed E-state index contributed by atoms with van der Waals surface area (Å²) in [5, 5.41) is 16.4. The molecule has 1 heterocycles. The summed E-state index contributed by atoms with van der Waals surface area (Å²) in [5.74, 6) is -0.573. The van der Waals surface area contributed by atoms with Gasteiger partial charge in [-0.2, -0.15) is 5.10 Å². The number of carboxylic acids is 1. The van der Waals surface area contributed by atoms with Crippen LogP contribution in [0.3, 0.4) is 0 Å². The maximum absolute atomic E-state index is 11.4. The van der Waals surface area contributed by atoms with E-state index < -0.39 is 5.97 Å². The first kappa shape index (κ1) is 11.5. The van der Waals surface area contributed by atoms with Crippen molar-refractivity contribution in [2.45, 2.75) is 18.8 Å². The minimum absolute atomic E-state index is 0.319. The zero-order valence-corrected chi connectivity index (χ0v) is 11.1. The molecule has 1 aliphatic carbocycles. The van der Waals surface area contributed by atoms with E-state index in [-0.39, 0.29) is 0 Å². The second-order valence-corrected chi connectivity index (χ2v) is 5.36. The Labute approximate surface area is 112 Å². The molecule has 0 bridgehead atoms. The molecule has 1 aliphatic rings. The van der Waals surface area contributed by atoms with Crippen molar-refractivity contribution >= 4 is 21.9 Å². The van der Waals surface area contributed by atoms with Gasteiger partial charge in [0.25, 0.3) is 0 Å². The Bertz CT molecular complexity index is 600. The van der Waals surface area contributed by atoms with Crippen LogP contribution in [0.15, 0.2) is 28.7 Å².